The second-order valence-corrected chi connectivity index (χ2v) is 10.6. The number of aliphatic hydroxyl groups excluding tert-OH is 1. The molecule has 41 heavy (non-hydrogen) atoms. The predicted molar refractivity (Wildman–Crippen MR) is 159 cm³/mol. The standard InChI is InChI=1S/C33H35F2N5O/c1-6-23-9-8-10-24(7-2)30(23)40-32(29-14-16-39(38-29)20(3)4)37-19-25(33(40)41)17-22-11-12-27(28(34)18-22)26-13-15-36-31(35)21(26)5/h8-16,18,20,41H,6-7,17,19H2,1-5H3. The Morgan fingerprint density at radius 1 is 0.976 bits per heavy atom. The summed E-state index contributed by atoms with van der Waals surface area (Å²) in [6, 6.07) is 14.8. The van der Waals surface area contributed by atoms with E-state index in [1.807, 2.05) is 34.0 Å². The SMILES string of the molecule is CCc1cccc(CC)c1N1C(c2ccn(C(C)C)n2)=NCC(Cc2ccc(-c3ccnc(F)c3C)c(F)c2)=C1O. The van der Waals surface area contributed by atoms with Crippen molar-refractivity contribution in [2.75, 3.05) is 11.4 Å². The van der Waals surface area contributed by atoms with Crippen LogP contribution < -0.4 is 4.90 Å². The molecule has 0 unspecified atom stereocenters. The minimum atomic E-state index is -0.617. The molecule has 0 spiro atoms. The molecule has 212 valence electrons. The van der Waals surface area contributed by atoms with Gasteiger partial charge in [-0.25, -0.2) is 9.37 Å². The molecule has 2 aromatic carbocycles. The van der Waals surface area contributed by atoms with Gasteiger partial charge in [-0.2, -0.15) is 9.49 Å². The number of aromatic nitrogens is 3. The Morgan fingerprint density at radius 3 is 2.34 bits per heavy atom. The molecule has 6 nitrogen and oxygen atoms in total. The summed E-state index contributed by atoms with van der Waals surface area (Å²) in [5.74, 6) is -0.412. The van der Waals surface area contributed by atoms with Crippen LogP contribution in [-0.4, -0.2) is 32.3 Å². The number of aryl methyl sites for hydroxylation is 2. The van der Waals surface area contributed by atoms with E-state index in [0.717, 1.165) is 29.7 Å². The normalized spacial score (nSPS) is 13.8. The van der Waals surface area contributed by atoms with Gasteiger partial charge in [-0.15, -0.1) is 0 Å². The van der Waals surface area contributed by atoms with Gasteiger partial charge in [0.25, 0.3) is 0 Å². The number of aliphatic hydroxyl groups is 1. The Kier molecular flexibility index (Phi) is 8.01. The molecule has 1 aliphatic rings. The van der Waals surface area contributed by atoms with Gasteiger partial charge in [0.05, 0.1) is 12.2 Å². The fourth-order valence-electron chi connectivity index (χ4n) is 5.30. The molecular formula is C33H35F2N5O. The molecule has 0 saturated carbocycles. The summed E-state index contributed by atoms with van der Waals surface area (Å²) in [4.78, 5) is 10.4. The van der Waals surface area contributed by atoms with Gasteiger partial charge in [0.2, 0.25) is 5.95 Å². The highest BCUT2D eigenvalue weighted by molar-refractivity contribution is 6.12. The highest BCUT2D eigenvalue weighted by atomic mass is 19.1. The van der Waals surface area contributed by atoms with E-state index in [2.05, 4.69) is 44.8 Å². The minimum absolute atomic E-state index is 0.0845. The highest BCUT2D eigenvalue weighted by Gasteiger charge is 2.31. The Bertz CT molecular complexity index is 1630. The van der Waals surface area contributed by atoms with Crippen LogP contribution in [0.1, 0.15) is 61.7 Å². The van der Waals surface area contributed by atoms with Crippen molar-refractivity contribution in [1.29, 1.82) is 0 Å². The zero-order valence-electron chi connectivity index (χ0n) is 24.1. The third kappa shape index (κ3) is 5.38. The molecule has 3 heterocycles. The summed E-state index contributed by atoms with van der Waals surface area (Å²) in [5, 5.41) is 16.6. The lowest BCUT2D eigenvalue weighted by molar-refractivity contribution is 0.391. The number of anilines is 1. The van der Waals surface area contributed by atoms with Crippen LogP contribution in [0.2, 0.25) is 0 Å². The third-order valence-corrected chi connectivity index (χ3v) is 7.60. The second-order valence-electron chi connectivity index (χ2n) is 10.6. The van der Waals surface area contributed by atoms with Crippen molar-refractivity contribution >= 4 is 11.5 Å². The average Bonchev–Trinajstić information content (AvgIpc) is 3.46. The number of benzene rings is 2. The molecule has 0 bridgehead atoms. The first-order chi connectivity index (χ1) is 19.7. The Labute approximate surface area is 239 Å². The molecule has 4 aromatic rings. The predicted octanol–water partition coefficient (Wildman–Crippen LogP) is 7.52. The van der Waals surface area contributed by atoms with Gasteiger partial charge in [-0.1, -0.05) is 44.2 Å². The molecule has 0 fully saturated rings. The summed E-state index contributed by atoms with van der Waals surface area (Å²) < 4.78 is 31.2. The van der Waals surface area contributed by atoms with E-state index >= 15 is 4.39 Å². The molecule has 8 heteroatoms. The number of hydrogen-bond acceptors (Lipinski definition) is 5. The van der Waals surface area contributed by atoms with Crippen LogP contribution in [0.5, 0.6) is 0 Å². The summed E-state index contributed by atoms with van der Waals surface area (Å²) >= 11 is 0. The molecule has 0 amide bonds. The molecule has 2 aromatic heterocycles. The minimum Gasteiger partial charge on any atom is -0.494 e. The van der Waals surface area contributed by atoms with E-state index in [1.54, 1.807) is 19.1 Å². The second kappa shape index (κ2) is 11.6. The fraction of sp³-hybridized carbons (Fsp3) is 0.303. The van der Waals surface area contributed by atoms with Crippen LogP contribution in [0, 0.1) is 18.7 Å². The maximum absolute atomic E-state index is 15.3. The monoisotopic (exact) mass is 555 g/mol. The first-order valence-corrected chi connectivity index (χ1v) is 14.0. The van der Waals surface area contributed by atoms with Crippen LogP contribution in [-0.2, 0) is 19.3 Å². The number of aliphatic imine (C=N–C) groups is 1. The number of hydrogen-bond donors (Lipinski definition) is 1. The van der Waals surface area contributed by atoms with Crippen molar-refractivity contribution < 1.29 is 13.9 Å². The van der Waals surface area contributed by atoms with Gasteiger partial charge >= 0.3 is 0 Å². The van der Waals surface area contributed by atoms with Crippen LogP contribution in [0.15, 0.2) is 77.4 Å². The number of para-hydroxylation sites is 1. The molecule has 1 N–H and O–H groups in total. The molecule has 0 saturated heterocycles. The summed E-state index contributed by atoms with van der Waals surface area (Å²) in [6.45, 7) is 10.1. The van der Waals surface area contributed by atoms with E-state index in [0.29, 0.717) is 45.8 Å². The van der Waals surface area contributed by atoms with Crippen LogP contribution >= 0.6 is 0 Å². The van der Waals surface area contributed by atoms with Gasteiger partial charge in [-0.05, 0) is 74.1 Å². The van der Waals surface area contributed by atoms with Gasteiger partial charge in [0, 0.05) is 41.6 Å². The maximum atomic E-state index is 15.3. The first kappa shape index (κ1) is 28.2. The largest absolute Gasteiger partial charge is 0.494 e. The van der Waals surface area contributed by atoms with Crippen molar-refractivity contribution in [2.45, 2.75) is 59.9 Å². The number of amidine groups is 1. The molecule has 0 atom stereocenters. The van der Waals surface area contributed by atoms with Crippen LogP contribution in [0.25, 0.3) is 11.1 Å². The van der Waals surface area contributed by atoms with E-state index < -0.39 is 11.8 Å². The van der Waals surface area contributed by atoms with Gasteiger partial charge < -0.3 is 5.11 Å². The Hall–Kier alpha value is -4.33. The first-order valence-electron chi connectivity index (χ1n) is 14.0. The van der Waals surface area contributed by atoms with Gasteiger partial charge in [0.1, 0.15) is 11.5 Å². The number of nitrogens with zero attached hydrogens (tertiary/aromatic N) is 5. The topological polar surface area (TPSA) is 66.5 Å². The van der Waals surface area contributed by atoms with Gasteiger partial charge in [-0.3, -0.25) is 14.6 Å². The average molecular weight is 556 g/mol. The summed E-state index contributed by atoms with van der Waals surface area (Å²) in [6.07, 6.45) is 5.11. The van der Waals surface area contributed by atoms with E-state index in [9.17, 15) is 9.50 Å². The van der Waals surface area contributed by atoms with Crippen molar-refractivity contribution in [1.82, 2.24) is 14.8 Å². The maximum Gasteiger partial charge on any atom is 0.216 e. The van der Waals surface area contributed by atoms with Gasteiger partial charge in [0.15, 0.2) is 11.7 Å². The number of rotatable bonds is 8. The molecule has 5 rings (SSSR count). The van der Waals surface area contributed by atoms with Crippen molar-refractivity contribution in [3.8, 4) is 11.1 Å². The van der Waals surface area contributed by atoms with Crippen LogP contribution in [0.3, 0.4) is 0 Å². The number of halogens is 2. The highest BCUT2D eigenvalue weighted by Crippen LogP contribution is 2.35. The van der Waals surface area contributed by atoms with Crippen molar-refractivity contribution in [3.63, 3.8) is 0 Å². The Morgan fingerprint density at radius 2 is 1.71 bits per heavy atom. The van der Waals surface area contributed by atoms with Crippen molar-refractivity contribution in [2.24, 2.45) is 4.99 Å². The Balaban J connectivity index is 1.56. The summed E-state index contributed by atoms with van der Waals surface area (Å²) in [7, 11) is 0. The van der Waals surface area contributed by atoms with E-state index in [-0.39, 0.29) is 18.5 Å². The summed E-state index contributed by atoms with van der Waals surface area (Å²) in [5.41, 5.74) is 6.17. The zero-order valence-corrected chi connectivity index (χ0v) is 24.1. The smallest absolute Gasteiger partial charge is 0.216 e. The fourth-order valence-corrected chi connectivity index (χ4v) is 5.30. The quantitative estimate of drug-likeness (QED) is 0.229. The molecular weight excluding hydrogens is 520 g/mol. The van der Waals surface area contributed by atoms with E-state index in [4.69, 9.17) is 10.1 Å². The lowest BCUT2D eigenvalue weighted by atomic mass is 9.97. The third-order valence-electron chi connectivity index (χ3n) is 7.60. The lowest BCUT2D eigenvalue weighted by Crippen LogP contribution is -2.37. The lowest BCUT2D eigenvalue weighted by Gasteiger charge is -2.32. The zero-order chi connectivity index (χ0) is 29.3. The van der Waals surface area contributed by atoms with E-state index in [1.165, 1.54) is 12.3 Å². The molecule has 0 radical (unpaired) electrons. The van der Waals surface area contributed by atoms with Crippen molar-refractivity contribution in [3.05, 3.63) is 112 Å². The molecule has 1 aliphatic heterocycles. The van der Waals surface area contributed by atoms with Crippen LogP contribution in [0.4, 0.5) is 14.5 Å². The number of pyridine rings is 1. The molecule has 0 aliphatic carbocycles.